The molecular weight excluding hydrogens is 395 g/mol. The number of likely N-dealkylation sites (N-methyl/N-ethyl adjacent to an activating group) is 1. The molecule has 3 N–H and O–H groups in total. The Labute approximate surface area is 182 Å². The molecule has 3 unspecified atom stereocenters. The van der Waals surface area contributed by atoms with E-state index in [1.807, 2.05) is 13.0 Å². The maximum absolute atomic E-state index is 14.6. The second-order valence-electron chi connectivity index (χ2n) is 8.75. The Balaban J connectivity index is 1.40. The summed E-state index contributed by atoms with van der Waals surface area (Å²) in [5, 5.41) is 1.40. The molecular formula is C23H29FN6O. The fraction of sp³-hybridized carbons (Fsp3) is 0.435. The molecule has 164 valence electrons. The first-order chi connectivity index (χ1) is 15.0. The first kappa shape index (κ1) is 20.4. The van der Waals surface area contributed by atoms with E-state index < -0.39 is 5.82 Å². The standard InChI is InChI=1S/C23H29FN6O/c1-15-5-3-8-18(24)23(15)30-20(31)14-19-22(27-30)21(26-25-19)16-6-4-7-17(13-16)29-11-9-28(2)10-12-29/h3-8,13,19,21-22,25-27H,9-12,14H2,1-2H3. The van der Waals surface area contributed by atoms with Crippen LogP contribution in [0.4, 0.5) is 15.8 Å². The minimum Gasteiger partial charge on any atom is -0.369 e. The summed E-state index contributed by atoms with van der Waals surface area (Å²) in [4.78, 5) is 17.5. The third-order valence-electron chi connectivity index (χ3n) is 6.65. The highest BCUT2D eigenvalue weighted by atomic mass is 19.1. The van der Waals surface area contributed by atoms with Crippen LogP contribution in [0.1, 0.15) is 23.6 Å². The van der Waals surface area contributed by atoms with E-state index in [1.165, 1.54) is 16.8 Å². The lowest BCUT2D eigenvalue weighted by atomic mass is 9.93. The number of anilines is 2. The Hall–Kier alpha value is -2.52. The molecule has 3 saturated heterocycles. The Morgan fingerprint density at radius 3 is 2.58 bits per heavy atom. The largest absolute Gasteiger partial charge is 0.369 e. The second kappa shape index (κ2) is 8.20. The van der Waals surface area contributed by atoms with Gasteiger partial charge in [-0.25, -0.2) is 20.3 Å². The number of benzene rings is 2. The molecule has 2 aromatic carbocycles. The summed E-state index contributed by atoms with van der Waals surface area (Å²) >= 11 is 0. The zero-order valence-corrected chi connectivity index (χ0v) is 17.9. The fourth-order valence-electron chi connectivity index (χ4n) is 4.82. The van der Waals surface area contributed by atoms with Crippen molar-refractivity contribution in [1.82, 2.24) is 21.2 Å². The molecule has 0 aliphatic carbocycles. The molecule has 0 spiro atoms. The van der Waals surface area contributed by atoms with Crippen LogP contribution in [0.5, 0.6) is 0 Å². The van der Waals surface area contributed by atoms with Crippen LogP contribution in [0.3, 0.4) is 0 Å². The van der Waals surface area contributed by atoms with Crippen LogP contribution < -0.4 is 26.2 Å². The number of nitrogens with zero attached hydrogens (tertiary/aromatic N) is 3. The summed E-state index contributed by atoms with van der Waals surface area (Å²) in [5.41, 5.74) is 13.3. The van der Waals surface area contributed by atoms with E-state index >= 15 is 0 Å². The zero-order valence-electron chi connectivity index (χ0n) is 17.9. The highest BCUT2D eigenvalue weighted by molar-refractivity contribution is 5.94. The highest BCUT2D eigenvalue weighted by Gasteiger charge is 2.44. The summed E-state index contributed by atoms with van der Waals surface area (Å²) in [6, 6.07) is 13.3. The van der Waals surface area contributed by atoms with Crippen LogP contribution >= 0.6 is 0 Å². The summed E-state index contributed by atoms with van der Waals surface area (Å²) in [6.07, 6.45) is 0.299. The first-order valence-corrected chi connectivity index (χ1v) is 10.9. The third kappa shape index (κ3) is 3.80. The molecule has 8 heteroatoms. The van der Waals surface area contributed by atoms with E-state index in [4.69, 9.17) is 0 Å². The van der Waals surface area contributed by atoms with Gasteiger partial charge < -0.3 is 9.80 Å². The Morgan fingerprint density at radius 1 is 1.03 bits per heavy atom. The van der Waals surface area contributed by atoms with Crippen molar-refractivity contribution < 1.29 is 9.18 Å². The number of rotatable bonds is 3. The number of carbonyl (C=O) groups is 1. The van der Waals surface area contributed by atoms with Gasteiger partial charge in [-0.15, -0.1) is 0 Å². The van der Waals surface area contributed by atoms with Crippen LogP contribution in [0.25, 0.3) is 0 Å². The lowest BCUT2D eigenvalue weighted by molar-refractivity contribution is -0.121. The molecule has 0 radical (unpaired) electrons. The van der Waals surface area contributed by atoms with Crippen molar-refractivity contribution in [2.75, 3.05) is 43.1 Å². The van der Waals surface area contributed by atoms with Crippen LogP contribution in [-0.2, 0) is 4.79 Å². The number of piperazine rings is 1. The number of fused-ring (bicyclic) bond motifs is 1. The number of amides is 1. The zero-order chi connectivity index (χ0) is 21.5. The van der Waals surface area contributed by atoms with Crippen molar-refractivity contribution in [1.29, 1.82) is 0 Å². The molecule has 5 rings (SSSR count). The topological polar surface area (TPSA) is 62.9 Å². The van der Waals surface area contributed by atoms with Crippen molar-refractivity contribution >= 4 is 17.3 Å². The SMILES string of the molecule is Cc1cccc(F)c1N1NC2C(CC1=O)NNC2c1cccc(N2CCN(C)CC2)c1. The minimum absolute atomic E-state index is 0.0416. The summed E-state index contributed by atoms with van der Waals surface area (Å²) in [6.45, 7) is 5.95. The van der Waals surface area contributed by atoms with E-state index in [9.17, 15) is 9.18 Å². The van der Waals surface area contributed by atoms with Gasteiger partial charge in [0.05, 0.1) is 17.8 Å². The molecule has 0 aromatic heterocycles. The van der Waals surface area contributed by atoms with Crippen LogP contribution in [0, 0.1) is 12.7 Å². The summed E-state index contributed by atoms with van der Waals surface area (Å²) in [5.74, 6) is -0.539. The molecule has 0 bridgehead atoms. The molecule has 31 heavy (non-hydrogen) atoms. The van der Waals surface area contributed by atoms with Gasteiger partial charge in [-0.2, -0.15) is 0 Å². The van der Waals surface area contributed by atoms with E-state index in [0.29, 0.717) is 12.1 Å². The number of carbonyl (C=O) groups excluding carboxylic acids is 1. The van der Waals surface area contributed by atoms with Crippen molar-refractivity contribution in [2.45, 2.75) is 31.5 Å². The minimum atomic E-state index is -0.396. The molecule has 3 atom stereocenters. The number of nitrogens with one attached hydrogen (secondary N) is 3. The molecule has 7 nitrogen and oxygen atoms in total. The predicted octanol–water partition coefficient (Wildman–Crippen LogP) is 1.71. The van der Waals surface area contributed by atoms with E-state index in [2.05, 4.69) is 57.4 Å². The van der Waals surface area contributed by atoms with Crippen LogP contribution in [0.15, 0.2) is 42.5 Å². The molecule has 3 aliphatic rings. The van der Waals surface area contributed by atoms with Gasteiger partial charge in [0.2, 0.25) is 5.91 Å². The molecule has 3 heterocycles. The average molecular weight is 425 g/mol. The second-order valence-corrected chi connectivity index (χ2v) is 8.75. The van der Waals surface area contributed by atoms with Gasteiger partial charge in [-0.05, 0) is 43.3 Å². The van der Waals surface area contributed by atoms with Gasteiger partial charge in [-0.3, -0.25) is 10.2 Å². The van der Waals surface area contributed by atoms with Crippen LogP contribution in [-0.4, -0.2) is 56.1 Å². The van der Waals surface area contributed by atoms with Crippen molar-refractivity contribution in [3.63, 3.8) is 0 Å². The number of halogens is 1. The number of hydrogen-bond acceptors (Lipinski definition) is 6. The van der Waals surface area contributed by atoms with Gasteiger partial charge >= 0.3 is 0 Å². The Morgan fingerprint density at radius 2 is 1.81 bits per heavy atom. The smallest absolute Gasteiger partial charge is 0.243 e. The van der Waals surface area contributed by atoms with Gasteiger partial charge in [-0.1, -0.05) is 24.3 Å². The number of hydrogen-bond donors (Lipinski definition) is 3. The molecule has 3 fully saturated rings. The number of aryl methyl sites for hydroxylation is 1. The average Bonchev–Trinajstić information content (AvgIpc) is 3.17. The third-order valence-corrected chi connectivity index (χ3v) is 6.65. The molecule has 2 aromatic rings. The van der Waals surface area contributed by atoms with Crippen LogP contribution in [0.2, 0.25) is 0 Å². The van der Waals surface area contributed by atoms with Gasteiger partial charge in [0.1, 0.15) is 5.82 Å². The van der Waals surface area contributed by atoms with Gasteiger partial charge in [0.25, 0.3) is 0 Å². The van der Waals surface area contributed by atoms with Crippen molar-refractivity contribution in [2.24, 2.45) is 0 Å². The Bertz CT molecular complexity index is 956. The van der Waals surface area contributed by atoms with Gasteiger partial charge in [0, 0.05) is 44.3 Å². The first-order valence-electron chi connectivity index (χ1n) is 10.9. The van der Waals surface area contributed by atoms with E-state index in [-0.39, 0.29) is 24.0 Å². The highest BCUT2D eigenvalue weighted by Crippen LogP contribution is 2.33. The number of para-hydroxylation sites is 1. The summed E-state index contributed by atoms with van der Waals surface area (Å²) in [7, 11) is 2.15. The Kier molecular flexibility index (Phi) is 5.39. The molecule has 1 amide bonds. The maximum Gasteiger partial charge on any atom is 0.243 e. The van der Waals surface area contributed by atoms with E-state index in [1.54, 1.807) is 6.07 Å². The molecule has 3 aliphatic heterocycles. The summed E-state index contributed by atoms with van der Waals surface area (Å²) < 4.78 is 14.6. The maximum atomic E-state index is 14.6. The fourth-order valence-corrected chi connectivity index (χ4v) is 4.82. The van der Waals surface area contributed by atoms with E-state index in [0.717, 1.165) is 37.3 Å². The quantitative estimate of drug-likeness (QED) is 0.698. The molecule has 0 saturated carbocycles. The van der Waals surface area contributed by atoms with Crippen molar-refractivity contribution in [3.05, 3.63) is 59.4 Å². The predicted molar refractivity (Wildman–Crippen MR) is 119 cm³/mol. The normalized spacial score (nSPS) is 26.9. The van der Waals surface area contributed by atoms with Crippen molar-refractivity contribution in [3.8, 4) is 0 Å². The number of hydrazine groups is 2. The lowest BCUT2D eigenvalue weighted by Crippen LogP contribution is -2.60. The van der Waals surface area contributed by atoms with Gasteiger partial charge in [0.15, 0.2) is 0 Å². The lowest BCUT2D eigenvalue weighted by Gasteiger charge is -2.38. The monoisotopic (exact) mass is 424 g/mol.